The van der Waals surface area contributed by atoms with E-state index in [0.717, 1.165) is 11.4 Å². The van der Waals surface area contributed by atoms with Crippen LogP contribution in [0.1, 0.15) is 21.7 Å². The Morgan fingerprint density at radius 1 is 1.22 bits per heavy atom. The Bertz CT molecular complexity index is 827. The van der Waals surface area contributed by atoms with Crippen LogP contribution in [0, 0.1) is 12.7 Å². The Morgan fingerprint density at radius 3 is 2.74 bits per heavy atom. The van der Waals surface area contributed by atoms with Gasteiger partial charge in [-0.25, -0.2) is 4.39 Å². The van der Waals surface area contributed by atoms with Crippen LogP contribution in [0.3, 0.4) is 0 Å². The summed E-state index contributed by atoms with van der Waals surface area (Å²) < 4.78 is 13.0. The van der Waals surface area contributed by atoms with Crippen molar-refractivity contribution in [2.75, 3.05) is 0 Å². The number of hydrogen-bond acceptors (Lipinski definition) is 3. The van der Waals surface area contributed by atoms with E-state index in [1.807, 2.05) is 25.1 Å². The number of carbonyl (C=O) groups is 1. The normalized spacial score (nSPS) is 10.5. The smallest absolute Gasteiger partial charge is 0.255 e. The molecule has 0 aliphatic carbocycles. The predicted octanol–water partition coefficient (Wildman–Crippen LogP) is 2.85. The summed E-state index contributed by atoms with van der Waals surface area (Å²) >= 11 is 0. The Morgan fingerprint density at radius 2 is 2.00 bits per heavy atom. The molecule has 0 saturated heterocycles. The summed E-state index contributed by atoms with van der Waals surface area (Å²) in [7, 11) is 0. The fourth-order valence-electron chi connectivity index (χ4n) is 2.26. The number of pyridine rings is 1. The first-order valence-corrected chi connectivity index (χ1v) is 7.13. The van der Waals surface area contributed by atoms with E-state index in [1.165, 1.54) is 18.3 Å². The standard InChI is InChI=1S/C17H15FN4O/c1-11-3-2-4-14(21-11)9-19-17(23)15-10-20-22-16(15)12-5-7-13(18)8-6-12/h2-8,10H,9H2,1H3,(H,19,23)(H,20,22). The maximum atomic E-state index is 13.0. The van der Waals surface area contributed by atoms with E-state index in [9.17, 15) is 9.18 Å². The molecule has 0 saturated carbocycles. The summed E-state index contributed by atoms with van der Waals surface area (Å²) in [6.07, 6.45) is 1.46. The van der Waals surface area contributed by atoms with Crippen LogP contribution in [-0.4, -0.2) is 21.1 Å². The largest absolute Gasteiger partial charge is 0.346 e. The number of rotatable bonds is 4. The first kappa shape index (κ1) is 14.9. The molecule has 0 unspecified atom stereocenters. The van der Waals surface area contributed by atoms with Crippen LogP contribution in [-0.2, 0) is 6.54 Å². The second kappa shape index (κ2) is 6.39. The molecule has 0 fully saturated rings. The molecular formula is C17H15FN4O. The monoisotopic (exact) mass is 310 g/mol. The van der Waals surface area contributed by atoms with Crippen molar-refractivity contribution in [2.45, 2.75) is 13.5 Å². The van der Waals surface area contributed by atoms with Crippen LogP contribution in [0.5, 0.6) is 0 Å². The van der Waals surface area contributed by atoms with Gasteiger partial charge in [0.25, 0.3) is 5.91 Å². The van der Waals surface area contributed by atoms with E-state index in [2.05, 4.69) is 20.5 Å². The minimum atomic E-state index is -0.329. The van der Waals surface area contributed by atoms with Crippen LogP contribution in [0.25, 0.3) is 11.3 Å². The Hall–Kier alpha value is -3.02. The van der Waals surface area contributed by atoms with Crippen LogP contribution in [0.15, 0.2) is 48.7 Å². The van der Waals surface area contributed by atoms with Gasteiger partial charge in [-0.05, 0) is 43.3 Å². The van der Waals surface area contributed by atoms with Crippen LogP contribution < -0.4 is 5.32 Å². The van der Waals surface area contributed by atoms with Gasteiger partial charge in [-0.15, -0.1) is 0 Å². The lowest BCUT2D eigenvalue weighted by molar-refractivity contribution is 0.0951. The third-order valence-corrected chi connectivity index (χ3v) is 3.39. The lowest BCUT2D eigenvalue weighted by Gasteiger charge is -2.06. The molecule has 2 heterocycles. The van der Waals surface area contributed by atoms with Crippen molar-refractivity contribution in [2.24, 2.45) is 0 Å². The van der Waals surface area contributed by atoms with Crippen LogP contribution >= 0.6 is 0 Å². The summed E-state index contributed by atoms with van der Waals surface area (Å²) in [6, 6.07) is 11.5. The number of hydrogen-bond donors (Lipinski definition) is 2. The number of nitrogens with one attached hydrogen (secondary N) is 2. The average molecular weight is 310 g/mol. The molecule has 6 heteroatoms. The molecule has 23 heavy (non-hydrogen) atoms. The molecule has 3 aromatic rings. The van der Waals surface area contributed by atoms with Gasteiger partial charge in [-0.2, -0.15) is 5.10 Å². The van der Waals surface area contributed by atoms with Crippen molar-refractivity contribution in [1.29, 1.82) is 0 Å². The van der Waals surface area contributed by atoms with Crippen molar-refractivity contribution in [3.63, 3.8) is 0 Å². The van der Waals surface area contributed by atoms with Gasteiger partial charge in [0.05, 0.1) is 29.7 Å². The van der Waals surface area contributed by atoms with Crippen molar-refractivity contribution >= 4 is 5.91 Å². The van der Waals surface area contributed by atoms with Gasteiger partial charge in [-0.3, -0.25) is 14.9 Å². The number of benzene rings is 1. The Kier molecular flexibility index (Phi) is 4.14. The van der Waals surface area contributed by atoms with Crippen LogP contribution in [0.2, 0.25) is 0 Å². The highest BCUT2D eigenvalue weighted by Gasteiger charge is 2.15. The molecule has 0 spiro atoms. The first-order chi connectivity index (χ1) is 11.1. The highest BCUT2D eigenvalue weighted by Crippen LogP contribution is 2.21. The summed E-state index contributed by atoms with van der Waals surface area (Å²) in [5.74, 6) is -0.592. The van der Waals surface area contributed by atoms with Crippen molar-refractivity contribution in [1.82, 2.24) is 20.5 Å². The van der Waals surface area contributed by atoms with E-state index >= 15 is 0 Å². The third-order valence-electron chi connectivity index (χ3n) is 3.39. The van der Waals surface area contributed by atoms with E-state index in [4.69, 9.17) is 0 Å². The molecule has 0 atom stereocenters. The summed E-state index contributed by atoms with van der Waals surface area (Å²) in [4.78, 5) is 16.7. The number of halogens is 1. The first-order valence-electron chi connectivity index (χ1n) is 7.13. The van der Waals surface area contributed by atoms with E-state index in [-0.39, 0.29) is 11.7 Å². The number of aryl methyl sites for hydroxylation is 1. The van der Waals surface area contributed by atoms with E-state index in [0.29, 0.717) is 23.4 Å². The fraction of sp³-hybridized carbons (Fsp3) is 0.118. The lowest BCUT2D eigenvalue weighted by atomic mass is 10.1. The molecule has 1 aromatic carbocycles. The Labute approximate surface area is 132 Å². The average Bonchev–Trinajstić information content (AvgIpc) is 3.03. The highest BCUT2D eigenvalue weighted by atomic mass is 19.1. The van der Waals surface area contributed by atoms with Gasteiger partial charge in [0, 0.05) is 11.3 Å². The van der Waals surface area contributed by atoms with Crippen molar-refractivity contribution in [3.05, 3.63) is 71.4 Å². The summed E-state index contributed by atoms with van der Waals surface area (Å²) in [6.45, 7) is 2.22. The lowest BCUT2D eigenvalue weighted by Crippen LogP contribution is -2.23. The van der Waals surface area contributed by atoms with Gasteiger partial charge in [0.15, 0.2) is 0 Å². The zero-order chi connectivity index (χ0) is 16.2. The van der Waals surface area contributed by atoms with E-state index in [1.54, 1.807) is 12.1 Å². The number of aromatic nitrogens is 3. The van der Waals surface area contributed by atoms with E-state index < -0.39 is 0 Å². The van der Waals surface area contributed by atoms with Gasteiger partial charge in [0.2, 0.25) is 0 Å². The molecule has 1 amide bonds. The zero-order valence-corrected chi connectivity index (χ0v) is 12.5. The second-order valence-corrected chi connectivity index (χ2v) is 5.12. The van der Waals surface area contributed by atoms with Gasteiger partial charge < -0.3 is 5.32 Å². The maximum Gasteiger partial charge on any atom is 0.255 e. The quantitative estimate of drug-likeness (QED) is 0.778. The van der Waals surface area contributed by atoms with Gasteiger partial charge >= 0.3 is 0 Å². The molecule has 3 rings (SSSR count). The minimum Gasteiger partial charge on any atom is -0.346 e. The zero-order valence-electron chi connectivity index (χ0n) is 12.5. The minimum absolute atomic E-state index is 0.263. The molecule has 0 aliphatic rings. The number of aromatic amines is 1. The number of H-pyrrole nitrogens is 1. The number of nitrogens with zero attached hydrogens (tertiary/aromatic N) is 2. The summed E-state index contributed by atoms with van der Waals surface area (Å²) in [5, 5.41) is 9.51. The Balaban J connectivity index is 1.76. The fourth-order valence-corrected chi connectivity index (χ4v) is 2.26. The molecule has 0 radical (unpaired) electrons. The molecular weight excluding hydrogens is 295 g/mol. The number of amides is 1. The van der Waals surface area contributed by atoms with Crippen molar-refractivity contribution < 1.29 is 9.18 Å². The van der Waals surface area contributed by atoms with Gasteiger partial charge in [0.1, 0.15) is 5.82 Å². The van der Waals surface area contributed by atoms with Gasteiger partial charge in [-0.1, -0.05) is 6.07 Å². The molecule has 2 aromatic heterocycles. The molecule has 0 bridgehead atoms. The predicted molar refractivity (Wildman–Crippen MR) is 84.1 cm³/mol. The molecule has 0 aliphatic heterocycles. The van der Waals surface area contributed by atoms with Crippen molar-refractivity contribution in [3.8, 4) is 11.3 Å². The molecule has 2 N–H and O–H groups in total. The SMILES string of the molecule is Cc1cccc(CNC(=O)c2cn[nH]c2-c2ccc(F)cc2)n1. The number of carbonyl (C=O) groups excluding carboxylic acids is 1. The molecule has 5 nitrogen and oxygen atoms in total. The topological polar surface area (TPSA) is 70.7 Å². The second-order valence-electron chi connectivity index (χ2n) is 5.12. The van der Waals surface area contributed by atoms with Crippen LogP contribution in [0.4, 0.5) is 4.39 Å². The summed E-state index contributed by atoms with van der Waals surface area (Å²) in [5.41, 5.74) is 3.34. The third kappa shape index (κ3) is 3.42. The molecule has 116 valence electrons. The highest BCUT2D eigenvalue weighted by molar-refractivity contribution is 5.99. The maximum absolute atomic E-state index is 13.0.